The zero-order chi connectivity index (χ0) is 19.1. The van der Waals surface area contributed by atoms with E-state index in [4.69, 9.17) is 0 Å². The zero-order valence-electron chi connectivity index (χ0n) is 16.2. The van der Waals surface area contributed by atoms with E-state index in [2.05, 4.69) is 34.0 Å². The first-order valence-corrected chi connectivity index (χ1v) is 10.1. The first-order chi connectivity index (χ1) is 13.0. The quantitative estimate of drug-likeness (QED) is 0.648. The summed E-state index contributed by atoms with van der Waals surface area (Å²) in [4.78, 5) is 22.1. The van der Waals surface area contributed by atoms with Gasteiger partial charge in [-0.15, -0.1) is 11.3 Å². The fourth-order valence-corrected chi connectivity index (χ4v) is 4.93. The molecule has 5 nitrogen and oxygen atoms in total. The number of aryl methyl sites for hydroxylation is 4. The Hall–Kier alpha value is -2.47. The lowest BCUT2D eigenvalue weighted by Gasteiger charge is -2.13. The molecule has 0 unspecified atom stereocenters. The summed E-state index contributed by atoms with van der Waals surface area (Å²) in [5, 5.41) is 5.27. The van der Waals surface area contributed by atoms with Crippen LogP contribution >= 0.6 is 11.3 Å². The Morgan fingerprint density at radius 3 is 2.74 bits per heavy atom. The van der Waals surface area contributed by atoms with Crippen LogP contribution in [0.15, 0.2) is 28.1 Å². The molecule has 0 aliphatic heterocycles. The van der Waals surface area contributed by atoms with Crippen LogP contribution in [0.1, 0.15) is 40.2 Å². The third kappa shape index (κ3) is 3.18. The van der Waals surface area contributed by atoms with E-state index in [9.17, 15) is 4.79 Å². The maximum Gasteiger partial charge on any atom is 0.283 e. The van der Waals surface area contributed by atoms with Gasteiger partial charge in [0, 0.05) is 24.7 Å². The van der Waals surface area contributed by atoms with Crippen molar-refractivity contribution in [2.75, 3.05) is 19.0 Å². The number of aromatic nitrogens is 2. The van der Waals surface area contributed by atoms with Crippen LogP contribution in [0.25, 0.3) is 10.2 Å². The smallest absolute Gasteiger partial charge is 0.283 e. The van der Waals surface area contributed by atoms with Crippen LogP contribution in [0.5, 0.6) is 0 Å². The van der Waals surface area contributed by atoms with Crippen molar-refractivity contribution in [3.63, 3.8) is 0 Å². The van der Waals surface area contributed by atoms with E-state index in [1.165, 1.54) is 21.5 Å². The van der Waals surface area contributed by atoms with E-state index in [1.54, 1.807) is 17.6 Å². The molecule has 27 heavy (non-hydrogen) atoms. The summed E-state index contributed by atoms with van der Waals surface area (Å²) in [6, 6.07) is 6.21. The van der Waals surface area contributed by atoms with E-state index < -0.39 is 0 Å². The fourth-order valence-electron chi connectivity index (χ4n) is 3.64. The maximum atomic E-state index is 13.1. The molecule has 0 atom stereocenters. The summed E-state index contributed by atoms with van der Waals surface area (Å²) in [6.45, 7) is 3.90. The van der Waals surface area contributed by atoms with Gasteiger partial charge in [0.15, 0.2) is 0 Å². The largest absolute Gasteiger partial charge is 0.378 e. The van der Waals surface area contributed by atoms with Crippen molar-refractivity contribution in [2.24, 2.45) is 5.10 Å². The second kappa shape index (κ2) is 6.93. The van der Waals surface area contributed by atoms with E-state index in [0.717, 1.165) is 46.3 Å². The van der Waals surface area contributed by atoms with Crippen molar-refractivity contribution in [3.05, 3.63) is 55.9 Å². The Morgan fingerprint density at radius 2 is 2.00 bits per heavy atom. The Morgan fingerprint density at radius 1 is 1.22 bits per heavy atom. The molecule has 140 valence electrons. The molecule has 4 rings (SSSR count). The van der Waals surface area contributed by atoms with Crippen LogP contribution < -0.4 is 10.5 Å². The molecule has 6 heteroatoms. The number of rotatable bonds is 3. The molecule has 0 radical (unpaired) electrons. The van der Waals surface area contributed by atoms with Gasteiger partial charge < -0.3 is 4.90 Å². The summed E-state index contributed by atoms with van der Waals surface area (Å²) in [7, 11) is 4.04. The van der Waals surface area contributed by atoms with Crippen LogP contribution in [-0.4, -0.2) is 30.0 Å². The number of hydrogen-bond donors (Lipinski definition) is 0. The van der Waals surface area contributed by atoms with Gasteiger partial charge in [0.25, 0.3) is 5.56 Å². The molecule has 0 N–H and O–H groups in total. The molecule has 0 fully saturated rings. The minimum Gasteiger partial charge on any atom is -0.378 e. The number of benzene rings is 1. The SMILES string of the molecule is Cc1cc(N(C)C)ccc1/C=N\n1c(C)nc2sc3c(c2c1=O)CCCC3. The van der Waals surface area contributed by atoms with Crippen molar-refractivity contribution in [1.29, 1.82) is 0 Å². The van der Waals surface area contributed by atoms with Gasteiger partial charge in [-0.2, -0.15) is 9.78 Å². The topological polar surface area (TPSA) is 50.5 Å². The zero-order valence-corrected chi connectivity index (χ0v) is 17.1. The lowest BCUT2D eigenvalue weighted by molar-refractivity contribution is 0.698. The van der Waals surface area contributed by atoms with Crippen LogP contribution in [0.2, 0.25) is 0 Å². The lowest BCUT2D eigenvalue weighted by atomic mass is 9.97. The van der Waals surface area contributed by atoms with Crippen molar-refractivity contribution in [2.45, 2.75) is 39.5 Å². The number of fused-ring (bicyclic) bond motifs is 3. The summed E-state index contributed by atoms with van der Waals surface area (Å²) in [5.74, 6) is 0.630. The second-order valence-electron chi connectivity index (χ2n) is 7.35. The first kappa shape index (κ1) is 17.9. The van der Waals surface area contributed by atoms with Gasteiger partial charge in [-0.1, -0.05) is 6.07 Å². The normalized spacial score (nSPS) is 14.1. The first-order valence-electron chi connectivity index (χ1n) is 9.32. The van der Waals surface area contributed by atoms with Crippen LogP contribution in [0.3, 0.4) is 0 Å². The predicted octanol–water partition coefficient (Wildman–Crippen LogP) is 3.90. The molecule has 3 aromatic rings. The van der Waals surface area contributed by atoms with E-state index >= 15 is 0 Å². The van der Waals surface area contributed by atoms with Gasteiger partial charge in [-0.05, 0) is 68.4 Å². The molecule has 1 aliphatic carbocycles. The van der Waals surface area contributed by atoms with Crippen molar-refractivity contribution in [1.82, 2.24) is 9.66 Å². The number of hydrogen-bond acceptors (Lipinski definition) is 5. The third-order valence-electron chi connectivity index (χ3n) is 5.21. The molecule has 2 heterocycles. The molecular formula is C21H24N4OS. The van der Waals surface area contributed by atoms with E-state index in [1.807, 2.05) is 27.1 Å². The number of nitrogens with zero attached hydrogens (tertiary/aromatic N) is 4. The van der Waals surface area contributed by atoms with Gasteiger partial charge in [0.2, 0.25) is 0 Å². The van der Waals surface area contributed by atoms with Gasteiger partial charge in [-0.25, -0.2) is 4.98 Å². The molecule has 2 aromatic heterocycles. The molecule has 0 amide bonds. The molecule has 0 saturated heterocycles. The lowest BCUT2D eigenvalue weighted by Crippen LogP contribution is -2.21. The predicted molar refractivity (Wildman–Crippen MR) is 114 cm³/mol. The Kier molecular flexibility index (Phi) is 4.60. The Balaban J connectivity index is 1.78. The highest BCUT2D eigenvalue weighted by atomic mass is 32.1. The minimum atomic E-state index is -0.0456. The summed E-state index contributed by atoms with van der Waals surface area (Å²) < 4.78 is 1.45. The van der Waals surface area contributed by atoms with E-state index in [0.29, 0.717) is 5.82 Å². The molecule has 1 aliphatic rings. The van der Waals surface area contributed by atoms with Crippen LogP contribution in [-0.2, 0) is 12.8 Å². The highest BCUT2D eigenvalue weighted by molar-refractivity contribution is 7.18. The average Bonchev–Trinajstić information content (AvgIpc) is 3.00. The van der Waals surface area contributed by atoms with Gasteiger partial charge in [0.1, 0.15) is 10.7 Å². The number of anilines is 1. The van der Waals surface area contributed by atoms with Crippen LogP contribution in [0.4, 0.5) is 5.69 Å². The molecule has 0 saturated carbocycles. The monoisotopic (exact) mass is 380 g/mol. The highest BCUT2D eigenvalue weighted by Crippen LogP contribution is 2.33. The Labute approximate surface area is 163 Å². The van der Waals surface area contributed by atoms with Crippen molar-refractivity contribution in [3.8, 4) is 0 Å². The molecule has 1 aromatic carbocycles. The van der Waals surface area contributed by atoms with Gasteiger partial charge >= 0.3 is 0 Å². The molecule has 0 spiro atoms. The Bertz CT molecular complexity index is 1110. The third-order valence-corrected chi connectivity index (χ3v) is 6.40. The summed E-state index contributed by atoms with van der Waals surface area (Å²) in [6.07, 6.45) is 6.15. The second-order valence-corrected chi connectivity index (χ2v) is 8.43. The van der Waals surface area contributed by atoms with E-state index in [-0.39, 0.29) is 5.56 Å². The highest BCUT2D eigenvalue weighted by Gasteiger charge is 2.21. The molecule has 0 bridgehead atoms. The van der Waals surface area contributed by atoms with Crippen LogP contribution in [0, 0.1) is 13.8 Å². The molecular weight excluding hydrogens is 356 g/mol. The van der Waals surface area contributed by atoms with Gasteiger partial charge in [0.05, 0.1) is 11.6 Å². The standard InChI is InChI=1S/C21H24N4OS/c1-13-11-16(24(3)4)10-9-15(13)12-22-25-14(2)23-20-19(21(25)26)17-7-5-6-8-18(17)27-20/h9-12H,5-8H2,1-4H3/b22-12-. The van der Waals surface area contributed by atoms with Crippen molar-refractivity contribution < 1.29 is 0 Å². The fraction of sp³-hybridized carbons (Fsp3) is 0.381. The van der Waals surface area contributed by atoms with Crippen molar-refractivity contribution >= 4 is 33.5 Å². The van der Waals surface area contributed by atoms with Gasteiger partial charge in [-0.3, -0.25) is 4.79 Å². The summed E-state index contributed by atoms with van der Waals surface area (Å²) >= 11 is 1.68. The minimum absolute atomic E-state index is 0.0456. The average molecular weight is 381 g/mol. The maximum absolute atomic E-state index is 13.1. The number of thiophene rings is 1. The summed E-state index contributed by atoms with van der Waals surface area (Å²) in [5.41, 5.74) is 4.42.